The smallest absolute Gasteiger partial charge is 0.244 e. The number of fused-ring (bicyclic) bond motifs is 1. The van der Waals surface area contributed by atoms with Gasteiger partial charge in [-0.05, 0) is 18.6 Å². The second-order valence-electron chi connectivity index (χ2n) is 4.83. The van der Waals surface area contributed by atoms with Crippen LogP contribution >= 0.6 is 11.6 Å². The highest BCUT2D eigenvalue weighted by Crippen LogP contribution is 2.45. The molecule has 1 aromatic carbocycles. The molecule has 0 amide bonds. The fourth-order valence-electron chi connectivity index (χ4n) is 2.65. The van der Waals surface area contributed by atoms with E-state index in [9.17, 15) is 9.65 Å². The summed E-state index contributed by atoms with van der Waals surface area (Å²) in [6.45, 7) is 1.92. The van der Waals surface area contributed by atoms with Crippen LogP contribution in [0.1, 0.15) is 29.7 Å². The van der Waals surface area contributed by atoms with Gasteiger partial charge in [0.15, 0.2) is 0 Å². The maximum atomic E-state index is 14.4. The Bertz CT molecular complexity index is 801. The van der Waals surface area contributed by atoms with Crippen molar-refractivity contribution in [3.05, 3.63) is 57.3 Å². The molecule has 3 N–H and O–H groups in total. The van der Waals surface area contributed by atoms with Gasteiger partial charge in [0, 0.05) is 16.3 Å². The first-order valence-electron chi connectivity index (χ1n) is 6.67. The van der Waals surface area contributed by atoms with Crippen LogP contribution in [0.4, 0.5) is 4.39 Å². The molecule has 1 aromatic heterocycles. The predicted octanol–water partition coefficient (Wildman–Crippen LogP) is 2.98. The number of nitriles is 1. The minimum atomic E-state index is -0.740. The van der Waals surface area contributed by atoms with Gasteiger partial charge in [-0.15, -0.1) is 5.10 Å². The summed E-state index contributed by atoms with van der Waals surface area (Å²) in [4.78, 5) is 0. The second kappa shape index (κ2) is 5.35. The molecule has 1 atom stereocenters. The third kappa shape index (κ3) is 2.02. The van der Waals surface area contributed by atoms with Crippen molar-refractivity contribution >= 4 is 11.6 Å². The van der Waals surface area contributed by atoms with Crippen LogP contribution in [-0.4, -0.2) is 10.2 Å². The number of nitrogens with two attached hydrogens (primary N) is 1. The average Bonchev–Trinajstić information content (AvgIpc) is 2.89. The lowest BCUT2D eigenvalue weighted by Gasteiger charge is -2.24. The molecule has 22 heavy (non-hydrogen) atoms. The van der Waals surface area contributed by atoms with E-state index in [-0.39, 0.29) is 27.9 Å². The summed E-state index contributed by atoms with van der Waals surface area (Å²) in [6.07, 6.45) is 0.618. The summed E-state index contributed by atoms with van der Waals surface area (Å²) >= 11 is 6.18. The molecule has 5 nitrogen and oxygen atoms in total. The first kappa shape index (κ1) is 14.4. The van der Waals surface area contributed by atoms with Gasteiger partial charge in [-0.2, -0.15) is 5.26 Å². The zero-order valence-corrected chi connectivity index (χ0v) is 12.4. The molecule has 3 rings (SSSR count). The molecule has 0 unspecified atom stereocenters. The number of aromatic amines is 1. The van der Waals surface area contributed by atoms with Crippen molar-refractivity contribution in [2.45, 2.75) is 19.3 Å². The van der Waals surface area contributed by atoms with Gasteiger partial charge in [-0.25, -0.2) is 4.39 Å². The van der Waals surface area contributed by atoms with Gasteiger partial charge in [-0.1, -0.05) is 24.6 Å². The van der Waals surface area contributed by atoms with Gasteiger partial charge >= 0.3 is 0 Å². The topological polar surface area (TPSA) is 87.7 Å². The maximum absolute atomic E-state index is 14.4. The summed E-state index contributed by atoms with van der Waals surface area (Å²) in [7, 11) is 0. The van der Waals surface area contributed by atoms with Gasteiger partial charge in [0.25, 0.3) is 0 Å². The minimum Gasteiger partial charge on any atom is -0.420 e. The van der Waals surface area contributed by atoms with Crippen molar-refractivity contribution < 1.29 is 9.13 Å². The van der Waals surface area contributed by atoms with Crippen molar-refractivity contribution in [1.29, 1.82) is 5.26 Å². The summed E-state index contributed by atoms with van der Waals surface area (Å²) in [6, 6.07) is 6.39. The summed E-state index contributed by atoms with van der Waals surface area (Å²) in [5.74, 6) is -1.09. The highest BCUT2D eigenvalue weighted by molar-refractivity contribution is 6.31. The molecule has 112 valence electrons. The molecular formula is C15H12ClFN4O. The number of hydrogen-bond acceptors (Lipinski definition) is 4. The first-order valence-corrected chi connectivity index (χ1v) is 7.04. The number of halogens is 2. The molecule has 0 spiro atoms. The third-order valence-electron chi connectivity index (χ3n) is 3.66. The lowest BCUT2D eigenvalue weighted by atomic mass is 9.83. The molecule has 0 aliphatic carbocycles. The van der Waals surface area contributed by atoms with Crippen LogP contribution in [0, 0.1) is 17.1 Å². The van der Waals surface area contributed by atoms with Crippen LogP contribution in [0.25, 0.3) is 0 Å². The van der Waals surface area contributed by atoms with Crippen molar-refractivity contribution in [2.75, 3.05) is 0 Å². The summed E-state index contributed by atoms with van der Waals surface area (Å²) in [5, 5.41) is 16.5. The second-order valence-corrected chi connectivity index (χ2v) is 5.24. The molecule has 1 aliphatic rings. The molecule has 1 aliphatic heterocycles. The molecule has 0 fully saturated rings. The summed E-state index contributed by atoms with van der Waals surface area (Å²) in [5.41, 5.74) is 7.46. The Hall–Kier alpha value is -2.52. The van der Waals surface area contributed by atoms with E-state index < -0.39 is 11.7 Å². The Balaban J connectivity index is 2.33. The van der Waals surface area contributed by atoms with Crippen LogP contribution in [0.2, 0.25) is 5.02 Å². The SMILES string of the molecule is CCc1[nH]nc2c1[C@@H](c1c(F)cccc1Cl)C(C#N)=C(N)O2. The number of aromatic nitrogens is 2. The van der Waals surface area contributed by atoms with E-state index in [0.29, 0.717) is 12.0 Å². The van der Waals surface area contributed by atoms with Crippen molar-refractivity contribution in [3.63, 3.8) is 0 Å². The van der Waals surface area contributed by atoms with E-state index in [0.717, 1.165) is 5.69 Å². The number of H-pyrrole nitrogens is 1. The van der Waals surface area contributed by atoms with E-state index in [1.165, 1.54) is 12.1 Å². The van der Waals surface area contributed by atoms with Crippen LogP contribution in [-0.2, 0) is 6.42 Å². The van der Waals surface area contributed by atoms with E-state index in [1.807, 2.05) is 13.0 Å². The molecule has 2 heterocycles. The number of rotatable bonds is 2. The molecule has 0 radical (unpaired) electrons. The van der Waals surface area contributed by atoms with Crippen molar-refractivity contribution in [1.82, 2.24) is 10.2 Å². The van der Waals surface area contributed by atoms with Gasteiger partial charge in [0.2, 0.25) is 11.8 Å². The Kier molecular flexibility index (Phi) is 3.51. The number of ether oxygens (including phenoxy) is 1. The van der Waals surface area contributed by atoms with E-state index in [1.54, 1.807) is 6.07 Å². The number of aryl methyl sites for hydroxylation is 1. The Labute approximate surface area is 131 Å². The van der Waals surface area contributed by atoms with Gasteiger partial charge in [0.1, 0.15) is 17.5 Å². The number of allylic oxidation sites excluding steroid dienone is 1. The van der Waals surface area contributed by atoms with E-state index in [4.69, 9.17) is 22.1 Å². The van der Waals surface area contributed by atoms with Crippen LogP contribution in [0.15, 0.2) is 29.7 Å². The monoisotopic (exact) mass is 318 g/mol. The summed E-state index contributed by atoms with van der Waals surface area (Å²) < 4.78 is 19.8. The molecule has 2 aromatic rings. The minimum absolute atomic E-state index is 0.0894. The zero-order chi connectivity index (χ0) is 15.9. The molecule has 0 saturated heterocycles. The van der Waals surface area contributed by atoms with E-state index in [2.05, 4.69) is 10.2 Å². The fourth-order valence-corrected chi connectivity index (χ4v) is 2.93. The highest BCUT2D eigenvalue weighted by atomic mass is 35.5. The quantitative estimate of drug-likeness (QED) is 0.891. The molecule has 0 bridgehead atoms. The van der Waals surface area contributed by atoms with Gasteiger partial charge < -0.3 is 10.5 Å². The Morgan fingerprint density at radius 1 is 1.50 bits per heavy atom. The number of nitrogens with zero attached hydrogens (tertiary/aromatic N) is 2. The first-order chi connectivity index (χ1) is 10.6. The standard InChI is InChI=1S/C15H12ClFN4O/c1-2-10-13-11(12-8(16)4-3-5-9(12)17)7(6-18)14(19)22-15(13)21-20-10/h3-5,11H,2,19H2,1H3,(H,20,21)/t11-/m1/s1. The largest absolute Gasteiger partial charge is 0.420 e. The molecular weight excluding hydrogens is 307 g/mol. The zero-order valence-electron chi connectivity index (χ0n) is 11.7. The van der Waals surface area contributed by atoms with Gasteiger partial charge in [0.05, 0.1) is 11.5 Å². The van der Waals surface area contributed by atoms with Crippen molar-refractivity contribution in [3.8, 4) is 11.9 Å². The predicted molar refractivity (Wildman–Crippen MR) is 78.7 cm³/mol. The number of nitrogens with one attached hydrogen (secondary N) is 1. The van der Waals surface area contributed by atoms with Crippen LogP contribution < -0.4 is 10.5 Å². The Morgan fingerprint density at radius 3 is 2.91 bits per heavy atom. The molecule has 0 saturated carbocycles. The van der Waals surface area contributed by atoms with Crippen LogP contribution in [0.3, 0.4) is 0 Å². The highest BCUT2D eigenvalue weighted by Gasteiger charge is 2.37. The maximum Gasteiger partial charge on any atom is 0.244 e. The number of hydrogen-bond donors (Lipinski definition) is 2. The number of benzene rings is 1. The Morgan fingerprint density at radius 2 is 2.27 bits per heavy atom. The molecule has 7 heteroatoms. The normalized spacial score (nSPS) is 16.9. The van der Waals surface area contributed by atoms with Crippen molar-refractivity contribution in [2.24, 2.45) is 5.73 Å². The lowest BCUT2D eigenvalue weighted by Crippen LogP contribution is -2.22. The lowest BCUT2D eigenvalue weighted by molar-refractivity contribution is 0.377. The third-order valence-corrected chi connectivity index (χ3v) is 3.99. The fraction of sp³-hybridized carbons (Fsp3) is 0.200. The average molecular weight is 319 g/mol. The van der Waals surface area contributed by atoms with E-state index >= 15 is 0 Å². The van der Waals surface area contributed by atoms with Crippen LogP contribution in [0.5, 0.6) is 5.88 Å². The van der Waals surface area contributed by atoms with Gasteiger partial charge in [-0.3, -0.25) is 5.10 Å².